The van der Waals surface area contributed by atoms with E-state index in [9.17, 15) is 4.79 Å². The molecule has 2 aromatic heterocycles. The van der Waals surface area contributed by atoms with Crippen LogP contribution in [0.2, 0.25) is 0 Å². The van der Waals surface area contributed by atoms with Gasteiger partial charge >= 0.3 is 0 Å². The van der Waals surface area contributed by atoms with Crippen LogP contribution < -0.4 is 5.32 Å². The predicted molar refractivity (Wildman–Crippen MR) is 143 cm³/mol. The van der Waals surface area contributed by atoms with Gasteiger partial charge in [-0.15, -0.1) is 0 Å². The second-order valence-corrected chi connectivity index (χ2v) is 10.7. The average Bonchev–Trinajstić information content (AvgIpc) is 3.53. The number of Topliss-reactive ketones (excluding diaryl/α,β-unsaturated/α-hetero) is 1. The molecule has 1 N–H and O–H groups in total. The molecule has 3 aliphatic rings. The summed E-state index contributed by atoms with van der Waals surface area (Å²) in [5.74, 6) is 0.144. The molecule has 7 heteroatoms. The summed E-state index contributed by atoms with van der Waals surface area (Å²) in [5.41, 5.74) is 5.33. The smallest absolute Gasteiger partial charge is 0.173 e. The van der Waals surface area contributed by atoms with Gasteiger partial charge in [0.15, 0.2) is 11.5 Å². The highest BCUT2D eigenvalue weighted by Gasteiger charge is 2.53. The number of hydrogen-bond acceptors (Lipinski definition) is 5. The fraction of sp³-hybridized carbons (Fsp3) is 0.367. The number of methoxy groups -OCH3 is 2. The van der Waals surface area contributed by atoms with Crippen molar-refractivity contribution in [2.75, 3.05) is 21.3 Å². The Balaban J connectivity index is 1.72. The highest BCUT2D eigenvalue weighted by atomic mass is 16.6. The first-order chi connectivity index (χ1) is 18.0. The van der Waals surface area contributed by atoms with Gasteiger partial charge in [-0.25, -0.2) is 0 Å². The molecular formula is C30H29N3O4. The molecular weight excluding hydrogens is 466 g/mol. The Morgan fingerprint density at radius 3 is 2.38 bits per heavy atom. The summed E-state index contributed by atoms with van der Waals surface area (Å²) in [6.07, 6.45) is 0.359. The largest absolute Gasteiger partial charge is 0.376 e. The number of benzene rings is 3. The van der Waals surface area contributed by atoms with Crippen molar-refractivity contribution in [3.05, 3.63) is 59.7 Å². The van der Waals surface area contributed by atoms with Crippen LogP contribution in [0.15, 0.2) is 48.5 Å². The number of ketones is 1. The van der Waals surface area contributed by atoms with Crippen molar-refractivity contribution in [2.24, 2.45) is 0 Å². The van der Waals surface area contributed by atoms with Gasteiger partial charge in [0.25, 0.3) is 0 Å². The van der Waals surface area contributed by atoms with E-state index in [-0.39, 0.29) is 30.3 Å². The molecule has 37 heavy (non-hydrogen) atoms. The Kier molecular flexibility index (Phi) is 4.25. The third kappa shape index (κ3) is 2.40. The number of nitrogens with one attached hydrogen (secondary N) is 1. The monoisotopic (exact) mass is 495 g/mol. The van der Waals surface area contributed by atoms with E-state index in [2.05, 4.69) is 69.9 Å². The van der Waals surface area contributed by atoms with Gasteiger partial charge in [-0.05, 0) is 26.1 Å². The number of aromatic nitrogens is 2. The van der Waals surface area contributed by atoms with Gasteiger partial charge in [0.1, 0.15) is 12.3 Å². The molecule has 2 bridgehead atoms. The van der Waals surface area contributed by atoms with E-state index in [4.69, 9.17) is 14.2 Å². The minimum absolute atomic E-state index is 0.0655. The molecule has 0 radical (unpaired) electrons. The second kappa shape index (κ2) is 7.20. The van der Waals surface area contributed by atoms with Crippen LogP contribution >= 0.6 is 0 Å². The molecule has 1 unspecified atom stereocenters. The van der Waals surface area contributed by atoms with E-state index in [1.807, 2.05) is 7.05 Å². The molecule has 1 aliphatic carbocycles. The quantitative estimate of drug-likeness (QED) is 0.364. The zero-order valence-electron chi connectivity index (χ0n) is 21.4. The maximum Gasteiger partial charge on any atom is 0.173 e. The summed E-state index contributed by atoms with van der Waals surface area (Å²) in [5, 5.41) is 7.81. The fourth-order valence-corrected chi connectivity index (χ4v) is 7.79. The number of ether oxygens (including phenoxy) is 3. The molecule has 1 fully saturated rings. The summed E-state index contributed by atoms with van der Waals surface area (Å²) in [7, 11) is 5.47. The van der Waals surface area contributed by atoms with Crippen molar-refractivity contribution in [3.8, 4) is 0 Å². The number of likely N-dealkylation sites (N-methyl/N-ethyl adjacent to an activating group) is 1. The lowest BCUT2D eigenvalue weighted by atomic mass is 9.93. The maximum absolute atomic E-state index is 13.7. The Labute approximate surface area is 213 Å². The van der Waals surface area contributed by atoms with Crippen LogP contribution in [0.25, 0.3) is 43.6 Å². The van der Waals surface area contributed by atoms with Crippen molar-refractivity contribution in [1.29, 1.82) is 0 Å². The van der Waals surface area contributed by atoms with E-state index in [0.717, 1.165) is 61.2 Å². The van der Waals surface area contributed by atoms with Crippen LogP contribution in [0.1, 0.15) is 48.0 Å². The summed E-state index contributed by atoms with van der Waals surface area (Å²) in [6.45, 7) is 2.15. The van der Waals surface area contributed by atoms with Gasteiger partial charge in [0, 0.05) is 65.8 Å². The van der Waals surface area contributed by atoms with Gasteiger partial charge in [-0.3, -0.25) is 4.79 Å². The van der Waals surface area contributed by atoms with Gasteiger partial charge in [0.05, 0.1) is 28.2 Å². The van der Waals surface area contributed by atoms with Gasteiger partial charge in [0.2, 0.25) is 0 Å². The van der Waals surface area contributed by atoms with Crippen molar-refractivity contribution in [3.63, 3.8) is 0 Å². The Bertz CT molecular complexity index is 1800. The summed E-state index contributed by atoms with van der Waals surface area (Å²) in [4.78, 5) is 13.7. The number of carbonyl (C=O) groups is 1. The standard InChI is InChI=1S/C30H29N3O4/c1-30-29(36-4)17(31-2)13-22(37-30)32-18-11-7-5-9-15(18)23-25-20(34)14-21(35-3)26(25)24-16-10-6-8-12-19(16)33(30)28(24)27(23)32/h5-12,17,21-22,29,31H,13-14H2,1-4H3/t17-,21?,22-,29-,30+/m0/s1. The van der Waals surface area contributed by atoms with E-state index in [1.165, 1.54) is 0 Å². The highest BCUT2D eigenvalue weighted by Crippen LogP contribution is 2.55. The predicted octanol–water partition coefficient (Wildman–Crippen LogP) is 5.38. The number of fused-ring (bicyclic) bond motifs is 13. The summed E-state index contributed by atoms with van der Waals surface area (Å²) >= 11 is 0. The molecule has 3 aromatic carbocycles. The first kappa shape index (κ1) is 21.8. The van der Waals surface area contributed by atoms with Gasteiger partial charge in [-0.1, -0.05) is 36.4 Å². The highest BCUT2D eigenvalue weighted by molar-refractivity contribution is 6.31. The molecule has 7 nitrogen and oxygen atoms in total. The zero-order chi connectivity index (χ0) is 25.2. The van der Waals surface area contributed by atoms with Crippen molar-refractivity contribution in [2.45, 2.75) is 50.0 Å². The number of nitrogens with zero attached hydrogens (tertiary/aromatic N) is 2. The Morgan fingerprint density at radius 1 is 0.973 bits per heavy atom. The zero-order valence-corrected chi connectivity index (χ0v) is 21.4. The van der Waals surface area contributed by atoms with Crippen LogP contribution in [0, 0.1) is 0 Å². The molecule has 0 spiro atoms. The van der Waals surface area contributed by atoms with E-state index < -0.39 is 5.72 Å². The topological polar surface area (TPSA) is 66.7 Å². The van der Waals surface area contributed by atoms with E-state index in [0.29, 0.717) is 6.42 Å². The molecule has 8 rings (SSSR count). The van der Waals surface area contributed by atoms with Crippen LogP contribution in [0.5, 0.6) is 0 Å². The van der Waals surface area contributed by atoms with Gasteiger partial charge < -0.3 is 28.7 Å². The van der Waals surface area contributed by atoms with Crippen molar-refractivity contribution in [1.82, 2.24) is 14.5 Å². The summed E-state index contributed by atoms with van der Waals surface area (Å²) in [6, 6.07) is 16.9. The van der Waals surface area contributed by atoms with Crippen LogP contribution in [0.4, 0.5) is 0 Å². The van der Waals surface area contributed by atoms with Crippen LogP contribution in [-0.2, 0) is 19.9 Å². The van der Waals surface area contributed by atoms with Crippen LogP contribution in [-0.4, -0.2) is 48.3 Å². The van der Waals surface area contributed by atoms with Gasteiger partial charge in [-0.2, -0.15) is 0 Å². The average molecular weight is 496 g/mol. The minimum atomic E-state index is -0.792. The molecule has 1 saturated heterocycles. The number of para-hydroxylation sites is 2. The molecule has 5 aromatic rings. The Hall–Kier alpha value is -3.23. The first-order valence-electron chi connectivity index (χ1n) is 13.0. The van der Waals surface area contributed by atoms with Crippen molar-refractivity contribution >= 4 is 49.4 Å². The van der Waals surface area contributed by atoms with E-state index in [1.54, 1.807) is 14.2 Å². The number of hydrogen-bond donors (Lipinski definition) is 1. The number of rotatable bonds is 3. The number of carbonyl (C=O) groups excluding carboxylic acids is 1. The maximum atomic E-state index is 13.7. The molecule has 0 saturated carbocycles. The molecule has 2 aliphatic heterocycles. The van der Waals surface area contributed by atoms with Crippen LogP contribution in [0.3, 0.4) is 0 Å². The molecule has 5 atom stereocenters. The molecule has 0 amide bonds. The fourth-order valence-electron chi connectivity index (χ4n) is 7.79. The Morgan fingerprint density at radius 2 is 1.68 bits per heavy atom. The lowest BCUT2D eigenvalue weighted by molar-refractivity contribution is -0.256. The normalized spacial score (nSPS) is 28.7. The molecule has 188 valence electrons. The molecule has 4 heterocycles. The lowest BCUT2D eigenvalue weighted by Crippen LogP contribution is -2.59. The third-order valence-electron chi connectivity index (χ3n) is 9.13. The van der Waals surface area contributed by atoms with Crippen molar-refractivity contribution < 1.29 is 19.0 Å². The lowest BCUT2D eigenvalue weighted by Gasteiger charge is -2.48. The second-order valence-electron chi connectivity index (χ2n) is 10.7. The third-order valence-corrected chi connectivity index (χ3v) is 9.13. The summed E-state index contributed by atoms with van der Waals surface area (Å²) < 4.78 is 24.0. The van der Waals surface area contributed by atoms with E-state index >= 15 is 0 Å². The minimum Gasteiger partial charge on any atom is -0.376 e. The first-order valence-corrected chi connectivity index (χ1v) is 13.0. The SMILES string of the molecule is CN[C@H]1C[C@@H]2O[C@](C)([C@H]1OC)n1c3ccccc3c3c4c(c5c6ccccc6n2c5c31)C(=O)CC4OC.